The third-order valence-corrected chi connectivity index (χ3v) is 5.07. The lowest BCUT2D eigenvalue weighted by atomic mass is 10.0. The molecule has 1 aliphatic heterocycles. The number of aromatic nitrogens is 2. The van der Waals surface area contributed by atoms with E-state index in [1.807, 2.05) is 54.6 Å². The molecular formula is C22H15ClN2O2. The average molecular weight is 375 g/mol. The molecule has 0 saturated heterocycles. The number of ether oxygens (including phenoxy) is 1. The van der Waals surface area contributed by atoms with Crippen molar-refractivity contribution in [1.82, 2.24) is 9.13 Å². The first-order chi connectivity index (χ1) is 13.1. The number of imidazole rings is 1. The van der Waals surface area contributed by atoms with Gasteiger partial charge in [0.05, 0.1) is 17.1 Å². The van der Waals surface area contributed by atoms with Crippen LogP contribution in [-0.4, -0.2) is 9.13 Å². The zero-order valence-corrected chi connectivity index (χ0v) is 15.3. The smallest absolute Gasteiger partial charge is 0.333 e. The van der Waals surface area contributed by atoms with E-state index in [2.05, 4.69) is 0 Å². The Morgan fingerprint density at radius 3 is 2.41 bits per heavy atom. The minimum absolute atomic E-state index is 0.146. The Bertz CT molecular complexity index is 1240. The molecule has 0 bridgehead atoms. The fourth-order valence-electron chi connectivity index (χ4n) is 3.63. The van der Waals surface area contributed by atoms with E-state index in [-0.39, 0.29) is 5.69 Å². The van der Waals surface area contributed by atoms with Gasteiger partial charge in [-0.05, 0) is 30.3 Å². The van der Waals surface area contributed by atoms with Crippen LogP contribution in [0.2, 0.25) is 5.02 Å². The van der Waals surface area contributed by atoms with Crippen molar-refractivity contribution in [3.63, 3.8) is 0 Å². The maximum absolute atomic E-state index is 13.3. The Morgan fingerprint density at radius 2 is 1.59 bits per heavy atom. The average Bonchev–Trinajstić information content (AvgIpc) is 2.86. The minimum atomic E-state index is -0.146. The summed E-state index contributed by atoms with van der Waals surface area (Å²) in [6.45, 7) is 0. The second-order valence-electron chi connectivity index (χ2n) is 6.45. The van der Waals surface area contributed by atoms with E-state index < -0.39 is 0 Å². The molecule has 0 radical (unpaired) electrons. The van der Waals surface area contributed by atoms with Crippen LogP contribution >= 0.6 is 11.6 Å². The first-order valence-electron chi connectivity index (χ1n) is 8.59. The normalized spacial score (nSPS) is 11.8. The van der Waals surface area contributed by atoms with Crippen molar-refractivity contribution in [2.45, 2.75) is 0 Å². The molecule has 1 aromatic heterocycles. The monoisotopic (exact) mass is 374 g/mol. The largest absolute Gasteiger partial charge is 0.454 e. The lowest BCUT2D eigenvalue weighted by Crippen LogP contribution is -2.21. The maximum Gasteiger partial charge on any atom is 0.333 e. The topological polar surface area (TPSA) is 36.2 Å². The molecule has 0 aliphatic carbocycles. The molecule has 0 amide bonds. The van der Waals surface area contributed by atoms with Crippen molar-refractivity contribution in [1.29, 1.82) is 0 Å². The first kappa shape index (κ1) is 16.0. The van der Waals surface area contributed by atoms with Crippen molar-refractivity contribution < 1.29 is 4.74 Å². The Kier molecular flexibility index (Phi) is 3.49. The van der Waals surface area contributed by atoms with Crippen molar-refractivity contribution in [2.24, 2.45) is 7.05 Å². The summed E-state index contributed by atoms with van der Waals surface area (Å²) in [6.07, 6.45) is 0. The molecule has 1 aliphatic rings. The van der Waals surface area contributed by atoms with Crippen molar-refractivity contribution in [3.8, 4) is 39.7 Å². The minimum Gasteiger partial charge on any atom is -0.454 e. The predicted octanol–water partition coefficient (Wildman–Crippen LogP) is 5.27. The fourth-order valence-corrected chi connectivity index (χ4v) is 3.79. The Morgan fingerprint density at radius 1 is 0.852 bits per heavy atom. The van der Waals surface area contributed by atoms with Gasteiger partial charge in [0.25, 0.3) is 0 Å². The van der Waals surface area contributed by atoms with Crippen LogP contribution in [-0.2, 0) is 7.05 Å². The Balaban J connectivity index is 1.98. The van der Waals surface area contributed by atoms with Crippen molar-refractivity contribution >= 4 is 11.6 Å². The Labute approximate surface area is 160 Å². The molecule has 4 aromatic rings. The quantitative estimate of drug-likeness (QED) is 0.401. The van der Waals surface area contributed by atoms with E-state index in [1.54, 1.807) is 34.4 Å². The van der Waals surface area contributed by atoms with Gasteiger partial charge in [0, 0.05) is 23.2 Å². The molecule has 5 rings (SSSR count). The highest BCUT2D eigenvalue weighted by atomic mass is 35.5. The molecule has 0 fully saturated rings. The van der Waals surface area contributed by atoms with Gasteiger partial charge in [0.15, 0.2) is 5.75 Å². The summed E-state index contributed by atoms with van der Waals surface area (Å²) in [4.78, 5) is 13.3. The first-order valence-corrected chi connectivity index (χ1v) is 8.97. The summed E-state index contributed by atoms with van der Waals surface area (Å²) in [6, 6.07) is 23.0. The zero-order valence-electron chi connectivity index (χ0n) is 14.5. The van der Waals surface area contributed by atoms with Crippen molar-refractivity contribution in [2.75, 3.05) is 0 Å². The lowest BCUT2D eigenvalue weighted by Gasteiger charge is -2.10. The summed E-state index contributed by atoms with van der Waals surface area (Å²) in [5.74, 6) is 1.30. The van der Waals surface area contributed by atoms with Gasteiger partial charge in [-0.15, -0.1) is 0 Å². The summed E-state index contributed by atoms with van der Waals surface area (Å²) < 4.78 is 9.52. The maximum atomic E-state index is 13.3. The highest BCUT2D eigenvalue weighted by molar-refractivity contribution is 6.30. The molecule has 0 atom stereocenters. The van der Waals surface area contributed by atoms with Crippen molar-refractivity contribution in [3.05, 3.63) is 88.3 Å². The van der Waals surface area contributed by atoms with Crippen LogP contribution in [0.5, 0.6) is 11.5 Å². The molecule has 27 heavy (non-hydrogen) atoms. The number of hydrogen-bond acceptors (Lipinski definition) is 2. The summed E-state index contributed by atoms with van der Waals surface area (Å²) in [7, 11) is 1.79. The molecule has 0 unspecified atom stereocenters. The van der Waals surface area contributed by atoms with Crippen LogP contribution in [0.15, 0.2) is 77.6 Å². The molecule has 132 valence electrons. The van der Waals surface area contributed by atoms with Crippen LogP contribution in [0.3, 0.4) is 0 Å². The van der Waals surface area contributed by atoms with E-state index in [0.717, 1.165) is 22.5 Å². The molecule has 0 saturated carbocycles. The molecule has 0 spiro atoms. The standard InChI is InChI=1S/C22H15ClN2O2/c1-24-20(14-7-3-2-4-8-14)21-16-9-5-6-10-18(16)27-19-12-11-15(23)13-17(19)25(21)22(24)26/h2-13H,1H3. The van der Waals surface area contributed by atoms with E-state index in [1.165, 1.54) is 0 Å². The summed E-state index contributed by atoms with van der Waals surface area (Å²) >= 11 is 6.25. The SMILES string of the molecule is Cn1c(-c2ccccc2)c2n(c1=O)-c1cc(Cl)ccc1Oc1ccccc1-2. The van der Waals surface area contributed by atoms with E-state index in [9.17, 15) is 4.79 Å². The highest BCUT2D eigenvalue weighted by Gasteiger charge is 2.28. The van der Waals surface area contributed by atoms with E-state index in [4.69, 9.17) is 16.3 Å². The number of para-hydroxylation sites is 1. The molecular weight excluding hydrogens is 360 g/mol. The number of rotatable bonds is 1. The van der Waals surface area contributed by atoms with Gasteiger partial charge in [-0.3, -0.25) is 9.13 Å². The highest BCUT2D eigenvalue weighted by Crippen LogP contribution is 2.44. The molecule has 2 heterocycles. The molecule has 0 N–H and O–H groups in total. The van der Waals surface area contributed by atoms with E-state index in [0.29, 0.717) is 22.2 Å². The van der Waals surface area contributed by atoms with Crippen LogP contribution in [0.25, 0.3) is 28.2 Å². The van der Waals surface area contributed by atoms with Crippen LogP contribution < -0.4 is 10.4 Å². The van der Waals surface area contributed by atoms with E-state index >= 15 is 0 Å². The molecule has 5 heteroatoms. The van der Waals surface area contributed by atoms with Gasteiger partial charge in [-0.2, -0.15) is 0 Å². The summed E-state index contributed by atoms with van der Waals surface area (Å²) in [5.41, 5.74) is 3.95. The number of fused-ring (bicyclic) bond motifs is 5. The van der Waals surface area contributed by atoms with Gasteiger partial charge in [-0.1, -0.05) is 54.1 Å². The number of hydrogen-bond donors (Lipinski definition) is 0. The van der Waals surface area contributed by atoms with Gasteiger partial charge >= 0.3 is 5.69 Å². The second kappa shape index (κ2) is 5.89. The van der Waals surface area contributed by atoms with Gasteiger partial charge in [0.1, 0.15) is 5.75 Å². The van der Waals surface area contributed by atoms with Gasteiger partial charge in [0.2, 0.25) is 0 Å². The van der Waals surface area contributed by atoms with Gasteiger partial charge in [-0.25, -0.2) is 4.79 Å². The summed E-state index contributed by atoms with van der Waals surface area (Å²) in [5, 5.41) is 0.547. The fraction of sp³-hybridized carbons (Fsp3) is 0.0455. The Hall–Kier alpha value is -3.24. The number of nitrogens with zero attached hydrogens (tertiary/aromatic N) is 2. The van der Waals surface area contributed by atoms with Crippen LogP contribution in [0, 0.1) is 0 Å². The second-order valence-corrected chi connectivity index (χ2v) is 6.89. The lowest BCUT2D eigenvalue weighted by molar-refractivity contribution is 0.485. The van der Waals surface area contributed by atoms with Crippen LogP contribution in [0.4, 0.5) is 0 Å². The van der Waals surface area contributed by atoms with Crippen LogP contribution in [0.1, 0.15) is 0 Å². The third-order valence-electron chi connectivity index (χ3n) is 4.83. The number of halogens is 1. The molecule has 3 aromatic carbocycles. The third kappa shape index (κ3) is 2.34. The predicted molar refractivity (Wildman–Crippen MR) is 107 cm³/mol. The number of benzene rings is 3. The van der Waals surface area contributed by atoms with Gasteiger partial charge < -0.3 is 4.74 Å². The zero-order chi connectivity index (χ0) is 18.5. The molecule has 4 nitrogen and oxygen atoms in total.